The lowest BCUT2D eigenvalue weighted by Gasteiger charge is -1.88. The van der Waals surface area contributed by atoms with Gasteiger partial charge in [-0.1, -0.05) is 51.7 Å². The van der Waals surface area contributed by atoms with Gasteiger partial charge in [0.1, 0.15) is 0 Å². The molecule has 0 N–H and O–H groups in total. The van der Waals surface area contributed by atoms with Crippen LogP contribution >= 0.6 is 11.6 Å². The van der Waals surface area contributed by atoms with Crippen LogP contribution in [0.4, 0.5) is 0 Å². The lowest BCUT2D eigenvalue weighted by atomic mass is 10.2. The predicted molar refractivity (Wildman–Crippen MR) is 69.2 cm³/mol. The Morgan fingerprint density at radius 2 is 1.50 bits per heavy atom. The van der Waals surface area contributed by atoms with Crippen LogP contribution < -0.4 is 0 Å². The molecule has 0 nitrogen and oxygen atoms in total. The first-order chi connectivity index (χ1) is 6.83. The average Bonchev–Trinajstić information content (AvgIpc) is 2.22. The Morgan fingerprint density at radius 1 is 0.929 bits per heavy atom. The molecule has 0 saturated carbocycles. The van der Waals surface area contributed by atoms with Crippen LogP contribution in [0.5, 0.6) is 0 Å². The van der Waals surface area contributed by atoms with Gasteiger partial charge in [-0.25, -0.2) is 0 Å². The molecule has 14 heavy (non-hydrogen) atoms. The number of allylic oxidation sites excluding steroid dienone is 2. The molecule has 0 unspecified atom stereocenters. The van der Waals surface area contributed by atoms with Gasteiger partial charge in [-0.2, -0.15) is 0 Å². The van der Waals surface area contributed by atoms with Crippen molar-refractivity contribution in [3.05, 3.63) is 12.2 Å². The van der Waals surface area contributed by atoms with E-state index in [9.17, 15) is 0 Å². The van der Waals surface area contributed by atoms with Gasteiger partial charge in [0.25, 0.3) is 0 Å². The Bertz CT molecular complexity index is 93.4. The Balaban J connectivity index is 0. The molecule has 0 aromatic carbocycles. The fourth-order valence-corrected chi connectivity index (χ4v) is 1.21. The van der Waals surface area contributed by atoms with Gasteiger partial charge in [0.15, 0.2) is 0 Å². The summed E-state index contributed by atoms with van der Waals surface area (Å²) in [6, 6.07) is 0. The summed E-state index contributed by atoms with van der Waals surface area (Å²) in [5.41, 5.74) is 0. The summed E-state index contributed by atoms with van der Waals surface area (Å²) in [4.78, 5) is 0. The molecule has 0 fully saturated rings. The minimum Gasteiger partial charge on any atom is -0.127 e. The van der Waals surface area contributed by atoms with Crippen LogP contribution in [0.25, 0.3) is 0 Å². The van der Waals surface area contributed by atoms with Crippen LogP contribution in [-0.4, -0.2) is 5.88 Å². The maximum Gasteiger partial charge on any atom is 0.0223 e. The lowest BCUT2D eigenvalue weighted by Crippen LogP contribution is -1.70. The average molecular weight is 219 g/mol. The zero-order valence-corrected chi connectivity index (χ0v) is 10.9. The molecule has 0 atom stereocenters. The van der Waals surface area contributed by atoms with Crippen molar-refractivity contribution < 1.29 is 0 Å². The van der Waals surface area contributed by atoms with Gasteiger partial charge in [0.05, 0.1) is 0 Å². The topological polar surface area (TPSA) is 0 Å². The van der Waals surface area contributed by atoms with Crippen LogP contribution in [0.2, 0.25) is 0 Å². The standard InChI is InChI=1S/C8H16.C5H11Cl/c1-3-5-7-8-6-4-2;1-2-3-4-5-6/h3,5H,4,6-8H2,1-2H3;2-5H2,1H3/b5-3+;. The molecule has 0 aromatic heterocycles. The summed E-state index contributed by atoms with van der Waals surface area (Å²) in [6.45, 7) is 6.48. The number of hydrogen-bond donors (Lipinski definition) is 0. The molecule has 0 aromatic rings. The van der Waals surface area contributed by atoms with E-state index in [1.165, 1.54) is 44.9 Å². The van der Waals surface area contributed by atoms with Crippen LogP contribution in [0.3, 0.4) is 0 Å². The summed E-state index contributed by atoms with van der Waals surface area (Å²) < 4.78 is 0. The van der Waals surface area contributed by atoms with Gasteiger partial charge >= 0.3 is 0 Å². The third-order valence-electron chi connectivity index (χ3n) is 1.95. The van der Waals surface area contributed by atoms with Gasteiger partial charge < -0.3 is 0 Å². The second kappa shape index (κ2) is 18.7. The second-order valence-corrected chi connectivity index (χ2v) is 3.84. The summed E-state index contributed by atoms with van der Waals surface area (Å²) in [5, 5.41) is 0. The van der Waals surface area contributed by atoms with Crippen molar-refractivity contribution in [2.75, 3.05) is 5.88 Å². The van der Waals surface area contributed by atoms with E-state index in [0.29, 0.717) is 0 Å². The lowest BCUT2D eigenvalue weighted by molar-refractivity contribution is 0.729. The highest BCUT2D eigenvalue weighted by Crippen LogP contribution is 1.98. The molecule has 0 amide bonds. The maximum absolute atomic E-state index is 5.38. The fourth-order valence-electron chi connectivity index (χ4n) is 1.02. The van der Waals surface area contributed by atoms with E-state index >= 15 is 0 Å². The van der Waals surface area contributed by atoms with Crippen molar-refractivity contribution in [3.63, 3.8) is 0 Å². The molecule has 1 heteroatoms. The van der Waals surface area contributed by atoms with Crippen LogP contribution in [0.15, 0.2) is 12.2 Å². The van der Waals surface area contributed by atoms with Gasteiger partial charge in [-0.3, -0.25) is 0 Å². The zero-order chi connectivity index (χ0) is 11.1. The normalized spacial score (nSPS) is 10.0. The Labute approximate surface area is 95.7 Å². The summed E-state index contributed by atoms with van der Waals surface area (Å²) in [6.07, 6.45) is 13.4. The monoisotopic (exact) mass is 218 g/mol. The zero-order valence-electron chi connectivity index (χ0n) is 10.2. The first-order valence-corrected chi connectivity index (χ1v) is 6.53. The largest absolute Gasteiger partial charge is 0.127 e. The molecule has 0 rings (SSSR count). The van der Waals surface area contributed by atoms with E-state index in [-0.39, 0.29) is 0 Å². The minimum atomic E-state index is 0.827. The van der Waals surface area contributed by atoms with E-state index in [2.05, 4.69) is 32.9 Å². The molecule has 0 aliphatic rings. The molecular formula is C13H27Cl. The van der Waals surface area contributed by atoms with Crippen LogP contribution in [0.1, 0.15) is 65.7 Å². The predicted octanol–water partition coefficient (Wildman–Crippen LogP) is 5.56. The van der Waals surface area contributed by atoms with E-state index in [4.69, 9.17) is 11.6 Å². The highest BCUT2D eigenvalue weighted by Gasteiger charge is 1.78. The fraction of sp³-hybridized carbons (Fsp3) is 0.846. The van der Waals surface area contributed by atoms with E-state index in [0.717, 1.165) is 5.88 Å². The Hall–Kier alpha value is 0.0300. The summed E-state index contributed by atoms with van der Waals surface area (Å²) in [5.74, 6) is 0.827. The second-order valence-electron chi connectivity index (χ2n) is 3.46. The molecule has 0 saturated heterocycles. The summed E-state index contributed by atoms with van der Waals surface area (Å²) >= 11 is 5.38. The molecule has 86 valence electrons. The smallest absolute Gasteiger partial charge is 0.0223 e. The third-order valence-corrected chi connectivity index (χ3v) is 2.21. The summed E-state index contributed by atoms with van der Waals surface area (Å²) in [7, 11) is 0. The maximum atomic E-state index is 5.38. The molecule has 0 spiro atoms. The number of hydrogen-bond acceptors (Lipinski definition) is 0. The minimum absolute atomic E-state index is 0.827. The molecule has 0 radical (unpaired) electrons. The quantitative estimate of drug-likeness (QED) is 0.298. The Morgan fingerprint density at radius 3 is 1.86 bits per heavy atom. The number of alkyl halides is 1. The third kappa shape index (κ3) is 22.7. The van der Waals surface area contributed by atoms with Crippen molar-refractivity contribution in [2.45, 2.75) is 65.7 Å². The number of halogens is 1. The Kier molecular flexibility index (Phi) is 22.0. The number of rotatable bonds is 7. The van der Waals surface area contributed by atoms with Gasteiger partial charge in [-0.05, 0) is 26.2 Å². The molecule has 0 bridgehead atoms. The highest BCUT2D eigenvalue weighted by molar-refractivity contribution is 6.17. The van der Waals surface area contributed by atoms with E-state index in [1.807, 2.05) is 0 Å². The molecular weight excluding hydrogens is 192 g/mol. The van der Waals surface area contributed by atoms with Crippen molar-refractivity contribution in [1.82, 2.24) is 0 Å². The highest BCUT2D eigenvalue weighted by atomic mass is 35.5. The van der Waals surface area contributed by atoms with E-state index in [1.54, 1.807) is 0 Å². The molecule has 0 heterocycles. The van der Waals surface area contributed by atoms with Crippen LogP contribution in [0, 0.1) is 0 Å². The SMILES string of the molecule is C/C=C/CCCCC.CCCCCCl. The van der Waals surface area contributed by atoms with E-state index < -0.39 is 0 Å². The number of unbranched alkanes of at least 4 members (excludes halogenated alkanes) is 5. The molecule has 0 aliphatic carbocycles. The first-order valence-electron chi connectivity index (χ1n) is 6.00. The van der Waals surface area contributed by atoms with Crippen molar-refractivity contribution in [3.8, 4) is 0 Å². The molecule has 0 aliphatic heterocycles. The van der Waals surface area contributed by atoms with Crippen molar-refractivity contribution in [1.29, 1.82) is 0 Å². The van der Waals surface area contributed by atoms with Crippen molar-refractivity contribution in [2.24, 2.45) is 0 Å². The van der Waals surface area contributed by atoms with Gasteiger partial charge in [-0.15, -0.1) is 11.6 Å². The van der Waals surface area contributed by atoms with Gasteiger partial charge in [0.2, 0.25) is 0 Å². The first kappa shape index (κ1) is 16.5. The van der Waals surface area contributed by atoms with Gasteiger partial charge in [0, 0.05) is 5.88 Å². The van der Waals surface area contributed by atoms with Crippen LogP contribution in [-0.2, 0) is 0 Å². The van der Waals surface area contributed by atoms with Crippen molar-refractivity contribution >= 4 is 11.6 Å².